The smallest absolute Gasteiger partial charge is 0.253 e. The number of carbonyl (C=O) groups is 1. The second-order valence-corrected chi connectivity index (χ2v) is 8.48. The number of benzene rings is 1. The molecule has 1 N–H and O–H groups in total. The van der Waals surface area contributed by atoms with Crippen LogP contribution in [0.25, 0.3) is 16.7 Å². The summed E-state index contributed by atoms with van der Waals surface area (Å²) in [4.78, 5) is 26.4. The molecule has 10 heteroatoms. The van der Waals surface area contributed by atoms with E-state index in [-0.39, 0.29) is 11.5 Å². The Morgan fingerprint density at radius 3 is 2.66 bits per heavy atom. The molecule has 4 aromatic rings. The third-order valence-electron chi connectivity index (χ3n) is 5.20. The molecular formula is C22H24N6O3S. The lowest BCUT2D eigenvalue weighted by Gasteiger charge is -2.20. The summed E-state index contributed by atoms with van der Waals surface area (Å²) in [5, 5.41) is 17.4. The first-order chi connectivity index (χ1) is 15.4. The lowest BCUT2D eigenvalue weighted by molar-refractivity contribution is -0.119. The maximum absolute atomic E-state index is 13.3. The number of methoxy groups -OCH3 is 1. The van der Waals surface area contributed by atoms with E-state index in [2.05, 4.69) is 15.5 Å². The zero-order valence-electron chi connectivity index (χ0n) is 18.3. The van der Waals surface area contributed by atoms with E-state index >= 15 is 0 Å². The summed E-state index contributed by atoms with van der Waals surface area (Å²) in [5.41, 5.74) is 2.76. The number of nitrogens with one attached hydrogen (secondary N) is 1. The lowest BCUT2D eigenvalue weighted by Crippen LogP contribution is -2.34. The molecule has 0 aliphatic carbocycles. The number of aryl methyl sites for hydroxylation is 2. The molecule has 9 nitrogen and oxygen atoms in total. The SMILES string of the molecule is CCC(C(=O)Nc1nnc(COC)s1)n1c(=O)cc(C)c2c(C)nn(-c3ccccc3)c21. The first-order valence-electron chi connectivity index (χ1n) is 10.2. The summed E-state index contributed by atoms with van der Waals surface area (Å²) in [6.07, 6.45) is 0.409. The Kier molecular flexibility index (Phi) is 6.15. The molecule has 1 unspecified atom stereocenters. The number of ether oxygens (including phenoxy) is 1. The lowest BCUT2D eigenvalue weighted by atomic mass is 10.1. The minimum absolute atomic E-state index is 0.258. The third-order valence-corrected chi connectivity index (χ3v) is 6.01. The second-order valence-electron chi connectivity index (χ2n) is 7.41. The number of fused-ring (bicyclic) bond motifs is 1. The summed E-state index contributed by atoms with van der Waals surface area (Å²) in [7, 11) is 1.57. The molecule has 4 rings (SSSR count). The number of carbonyl (C=O) groups excluding carboxylic acids is 1. The van der Waals surface area contributed by atoms with E-state index in [0.717, 1.165) is 22.3 Å². The Morgan fingerprint density at radius 1 is 1.22 bits per heavy atom. The van der Waals surface area contributed by atoms with Gasteiger partial charge >= 0.3 is 0 Å². The first-order valence-corrected chi connectivity index (χ1v) is 11.0. The van der Waals surface area contributed by atoms with Gasteiger partial charge in [-0.15, -0.1) is 10.2 Å². The van der Waals surface area contributed by atoms with E-state index in [9.17, 15) is 9.59 Å². The van der Waals surface area contributed by atoms with Crippen LogP contribution in [0.4, 0.5) is 5.13 Å². The van der Waals surface area contributed by atoms with Gasteiger partial charge in [0.2, 0.25) is 11.0 Å². The summed E-state index contributed by atoms with van der Waals surface area (Å²) < 4.78 is 8.32. The minimum atomic E-state index is -0.751. The highest BCUT2D eigenvalue weighted by molar-refractivity contribution is 7.15. The van der Waals surface area contributed by atoms with Crippen molar-refractivity contribution in [3.05, 3.63) is 63.0 Å². The van der Waals surface area contributed by atoms with Crippen LogP contribution in [0, 0.1) is 13.8 Å². The number of para-hydroxylation sites is 1. The van der Waals surface area contributed by atoms with Crippen LogP contribution < -0.4 is 10.9 Å². The molecule has 32 heavy (non-hydrogen) atoms. The number of aromatic nitrogens is 5. The van der Waals surface area contributed by atoms with Gasteiger partial charge in [0.05, 0.1) is 11.4 Å². The van der Waals surface area contributed by atoms with E-state index in [4.69, 9.17) is 9.84 Å². The van der Waals surface area contributed by atoms with Crippen LogP contribution in [0.3, 0.4) is 0 Å². The largest absolute Gasteiger partial charge is 0.377 e. The van der Waals surface area contributed by atoms with Gasteiger partial charge in [0.15, 0.2) is 0 Å². The van der Waals surface area contributed by atoms with Crippen molar-refractivity contribution in [2.24, 2.45) is 0 Å². The molecule has 0 aliphatic rings. The fourth-order valence-electron chi connectivity index (χ4n) is 3.84. The van der Waals surface area contributed by atoms with Crippen molar-refractivity contribution in [3.63, 3.8) is 0 Å². The van der Waals surface area contributed by atoms with Gasteiger partial charge in [0.1, 0.15) is 23.3 Å². The molecule has 0 saturated heterocycles. The highest BCUT2D eigenvalue weighted by Gasteiger charge is 2.26. The van der Waals surface area contributed by atoms with E-state index < -0.39 is 6.04 Å². The van der Waals surface area contributed by atoms with Crippen molar-refractivity contribution in [3.8, 4) is 5.69 Å². The fourth-order valence-corrected chi connectivity index (χ4v) is 4.56. The maximum atomic E-state index is 13.3. The highest BCUT2D eigenvalue weighted by atomic mass is 32.1. The highest BCUT2D eigenvalue weighted by Crippen LogP contribution is 2.27. The van der Waals surface area contributed by atoms with Gasteiger partial charge < -0.3 is 4.74 Å². The molecule has 166 valence electrons. The Bertz CT molecular complexity index is 1320. The standard InChI is InChI=1S/C22H24N6O3S/c1-5-16(20(30)23-22-25-24-17(32-22)12-31-4)27-18(29)11-13(2)19-14(3)26-28(21(19)27)15-9-7-6-8-10-15/h6-11,16H,5,12H2,1-4H3,(H,23,25,30). The van der Waals surface area contributed by atoms with Crippen molar-refractivity contribution in [1.29, 1.82) is 0 Å². The summed E-state index contributed by atoms with van der Waals surface area (Å²) in [6, 6.07) is 10.4. The Morgan fingerprint density at radius 2 is 1.97 bits per heavy atom. The van der Waals surface area contributed by atoms with Crippen molar-refractivity contribution in [2.75, 3.05) is 12.4 Å². The summed E-state index contributed by atoms with van der Waals surface area (Å²) >= 11 is 1.24. The van der Waals surface area contributed by atoms with Crippen molar-refractivity contribution >= 4 is 33.4 Å². The molecule has 1 aromatic carbocycles. The van der Waals surface area contributed by atoms with Crippen LogP contribution in [0.2, 0.25) is 0 Å². The minimum Gasteiger partial charge on any atom is -0.377 e. The summed E-state index contributed by atoms with van der Waals surface area (Å²) in [5.74, 6) is -0.335. The van der Waals surface area contributed by atoms with E-state index in [1.54, 1.807) is 17.9 Å². The molecule has 1 amide bonds. The fraction of sp³-hybridized carbons (Fsp3) is 0.318. The third kappa shape index (κ3) is 3.94. The quantitative estimate of drug-likeness (QED) is 0.461. The normalized spacial score (nSPS) is 12.2. The number of rotatable bonds is 7. The molecule has 1 atom stereocenters. The van der Waals surface area contributed by atoms with Gasteiger partial charge in [-0.1, -0.05) is 36.5 Å². The number of pyridine rings is 1. The van der Waals surface area contributed by atoms with Crippen LogP contribution in [0.1, 0.15) is 35.7 Å². The van der Waals surface area contributed by atoms with E-state index in [1.807, 2.05) is 51.1 Å². The van der Waals surface area contributed by atoms with Crippen molar-refractivity contribution in [1.82, 2.24) is 24.5 Å². The predicted octanol–water partition coefficient (Wildman–Crippen LogP) is 3.39. The molecule has 3 heterocycles. The molecule has 0 saturated carbocycles. The van der Waals surface area contributed by atoms with Crippen LogP contribution >= 0.6 is 11.3 Å². The first kappa shape index (κ1) is 21.8. The Balaban J connectivity index is 1.84. The molecule has 0 radical (unpaired) electrons. The Labute approximate surface area is 188 Å². The van der Waals surface area contributed by atoms with Crippen molar-refractivity contribution < 1.29 is 9.53 Å². The van der Waals surface area contributed by atoms with Gasteiger partial charge in [-0.05, 0) is 38.0 Å². The van der Waals surface area contributed by atoms with Crippen LogP contribution in [0.5, 0.6) is 0 Å². The van der Waals surface area contributed by atoms with Gasteiger partial charge in [-0.2, -0.15) is 5.10 Å². The van der Waals surface area contributed by atoms with Gasteiger partial charge in [0, 0.05) is 18.6 Å². The number of nitrogens with zero attached hydrogens (tertiary/aromatic N) is 5. The topological polar surface area (TPSA) is 104 Å². The molecular weight excluding hydrogens is 428 g/mol. The van der Waals surface area contributed by atoms with Gasteiger partial charge in [0.25, 0.3) is 5.56 Å². The van der Waals surface area contributed by atoms with Gasteiger partial charge in [-0.25, -0.2) is 4.68 Å². The Hall–Kier alpha value is -3.37. The van der Waals surface area contributed by atoms with Crippen molar-refractivity contribution in [2.45, 2.75) is 39.8 Å². The predicted molar refractivity (Wildman–Crippen MR) is 123 cm³/mol. The second kappa shape index (κ2) is 9.01. The van der Waals surface area contributed by atoms with E-state index in [1.165, 1.54) is 15.9 Å². The molecule has 0 spiro atoms. The summed E-state index contributed by atoms with van der Waals surface area (Å²) in [6.45, 7) is 5.98. The van der Waals surface area contributed by atoms with Crippen LogP contribution in [-0.2, 0) is 16.1 Å². The molecule has 0 fully saturated rings. The monoisotopic (exact) mass is 452 g/mol. The number of amides is 1. The molecule has 3 aromatic heterocycles. The maximum Gasteiger partial charge on any atom is 0.253 e. The molecule has 0 aliphatic heterocycles. The van der Waals surface area contributed by atoms with Crippen LogP contribution in [-0.4, -0.2) is 37.6 Å². The number of hydrogen-bond acceptors (Lipinski definition) is 7. The average molecular weight is 453 g/mol. The van der Waals surface area contributed by atoms with Crippen LogP contribution in [0.15, 0.2) is 41.2 Å². The zero-order chi connectivity index (χ0) is 22.8. The molecule has 0 bridgehead atoms. The number of anilines is 1. The number of hydrogen-bond donors (Lipinski definition) is 1. The van der Waals surface area contributed by atoms with E-state index in [0.29, 0.717) is 28.8 Å². The average Bonchev–Trinajstić information content (AvgIpc) is 3.36. The van der Waals surface area contributed by atoms with Gasteiger partial charge in [-0.3, -0.25) is 19.5 Å². The zero-order valence-corrected chi connectivity index (χ0v) is 19.1.